The molecule has 0 aromatic carbocycles. The van der Waals surface area contributed by atoms with Gasteiger partial charge in [-0.2, -0.15) is 4.47 Å². The molecule has 0 aliphatic heterocycles. The maximum atomic E-state index is 10.7. The molecule has 3 nitrogen and oxygen atoms in total. The van der Waals surface area contributed by atoms with Crippen LogP contribution >= 0.6 is 12.8 Å². The van der Waals surface area contributed by atoms with Gasteiger partial charge >= 0.3 is 0 Å². The highest BCUT2D eigenvalue weighted by atomic mass is 32.1. The van der Waals surface area contributed by atoms with Gasteiger partial charge in [-0.05, 0) is 19.2 Å². The molecule has 11 heavy (non-hydrogen) atoms. The van der Waals surface area contributed by atoms with Gasteiger partial charge in [0, 0.05) is 6.42 Å². The number of rotatable bonds is 5. The first-order valence-corrected chi connectivity index (χ1v) is 4.29. The van der Waals surface area contributed by atoms with Crippen molar-refractivity contribution in [3.8, 4) is 0 Å². The van der Waals surface area contributed by atoms with E-state index in [0.29, 0.717) is 10.9 Å². The Labute approximate surface area is 72.9 Å². The Bertz CT molecular complexity index is 117. The van der Waals surface area contributed by atoms with Gasteiger partial charge in [-0.1, -0.05) is 26.2 Å². The largest absolute Gasteiger partial charge is 0.275 e. The maximum Gasteiger partial charge on any atom is 0.256 e. The number of hydrogen-bond donors (Lipinski definition) is 2. The highest BCUT2D eigenvalue weighted by molar-refractivity contribution is 7.78. The van der Waals surface area contributed by atoms with Crippen LogP contribution in [0, 0.1) is 0 Å². The van der Waals surface area contributed by atoms with Gasteiger partial charge in [0.25, 0.3) is 5.91 Å². The van der Waals surface area contributed by atoms with Crippen LogP contribution in [0.3, 0.4) is 0 Å². The molecule has 0 rings (SSSR count). The Kier molecular flexibility index (Phi) is 6.36. The molecule has 0 spiro atoms. The second-order valence-electron chi connectivity index (χ2n) is 2.49. The van der Waals surface area contributed by atoms with Crippen molar-refractivity contribution in [3.05, 3.63) is 0 Å². The molecule has 0 aromatic rings. The normalized spacial score (nSPS) is 9.73. The van der Waals surface area contributed by atoms with Crippen molar-refractivity contribution in [1.29, 1.82) is 0 Å². The van der Waals surface area contributed by atoms with Gasteiger partial charge in [0.1, 0.15) is 0 Å². The Morgan fingerprint density at radius 1 is 1.45 bits per heavy atom. The molecular weight excluding hydrogens is 162 g/mol. The molecule has 1 amide bonds. The zero-order chi connectivity index (χ0) is 8.69. The van der Waals surface area contributed by atoms with Crippen LogP contribution in [0.1, 0.15) is 39.0 Å². The molecule has 0 aliphatic rings. The number of hydrogen-bond acceptors (Lipinski definition) is 3. The lowest BCUT2D eigenvalue weighted by molar-refractivity contribution is -0.144. The van der Waals surface area contributed by atoms with Crippen LogP contribution in [0.5, 0.6) is 0 Å². The third-order valence-electron chi connectivity index (χ3n) is 1.47. The highest BCUT2D eigenvalue weighted by Gasteiger charge is 2.04. The minimum absolute atomic E-state index is 0.329. The molecule has 0 unspecified atom stereocenters. The summed E-state index contributed by atoms with van der Waals surface area (Å²) in [6.07, 6.45) is 4.57. The maximum absolute atomic E-state index is 10.7. The molecule has 4 heteroatoms. The van der Waals surface area contributed by atoms with E-state index in [1.165, 1.54) is 0 Å². The summed E-state index contributed by atoms with van der Waals surface area (Å²) in [6.45, 7) is 2.11. The first kappa shape index (κ1) is 10.8. The third-order valence-corrected chi connectivity index (χ3v) is 1.69. The van der Waals surface area contributed by atoms with E-state index in [0.717, 1.165) is 25.7 Å². The molecule has 66 valence electrons. The standard InChI is InChI=1S/C7H15NO2S/c1-2-3-4-5-6-7(9)8(10)11/h10-11H,2-6H2,1H3. The van der Waals surface area contributed by atoms with Crippen molar-refractivity contribution in [2.45, 2.75) is 39.0 Å². The van der Waals surface area contributed by atoms with E-state index < -0.39 is 0 Å². The van der Waals surface area contributed by atoms with Gasteiger partial charge < -0.3 is 0 Å². The summed E-state index contributed by atoms with van der Waals surface area (Å²) < 4.78 is 0.353. The third kappa shape index (κ3) is 6.19. The smallest absolute Gasteiger partial charge is 0.256 e. The lowest BCUT2D eigenvalue weighted by Crippen LogP contribution is -2.16. The zero-order valence-electron chi connectivity index (χ0n) is 6.79. The number of carbonyl (C=O) groups excluding carboxylic acids is 1. The van der Waals surface area contributed by atoms with Crippen molar-refractivity contribution < 1.29 is 10.0 Å². The molecular formula is C7H15NO2S. The Hall–Kier alpha value is -0.220. The van der Waals surface area contributed by atoms with Crippen LogP contribution in [0.4, 0.5) is 0 Å². The minimum atomic E-state index is -0.329. The van der Waals surface area contributed by atoms with Crippen LogP contribution in [0.2, 0.25) is 0 Å². The van der Waals surface area contributed by atoms with Gasteiger partial charge in [0.05, 0.1) is 0 Å². The SMILES string of the molecule is CCCCCCC(=O)N(O)S. The average molecular weight is 177 g/mol. The molecule has 0 saturated carbocycles. The summed E-state index contributed by atoms with van der Waals surface area (Å²) in [5, 5.41) is 8.53. The van der Waals surface area contributed by atoms with Crippen LogP contribution in [0.25, 0.3) is 0 Å². The highest BCUT2D eigenvalue weighted by Crippen LogP contribution is 2.04. The fourth-order valence-electron chi connectivity index (χ4n) is 0.803. The molecule has 0 radical (unpaired) electrons. The van der Waals surface area contributed by atoms with Gasteiger partial charge in [0.15, 0.2) is 0 Å². The second kappa shape index (κ2) is 6.49. The fraction of sp³-hybridized carbons (Fsp3) is 0.857. The lowest BCUT2D eigenvalue weighted by Gasteiger charge is -2.05. The van der Waals surface area contributed by atoms with Crippen LogP contribution in [-0.2, 0) is 4.79 Å². The summed E-state index contributed by atoms with van der Waals surface area (Å²) in [7, 11) is 0. The number of carbonyl (C=O) groups is 1. The molecule has 1 N–H and O–H groups in total. The molecule has 0 aliphatic carbocycles. The van der Waals surface area contributed by atoms with Crippen molar-refractivity contribution in [3.63, 3.8) is 0 Å². The summed E-state index contributed by atoms with van der Waals surface area (Å²) in [5.41, 5.74) is 0. The number of nitrogens with zero attached hydrogens (tertiary/aromatic N) is 1. The van der Waals surface area contributed by atoms with E-state index in [-0.39, 0.29) is 5.91 Å². The van der Waals surface area contributed by atoms with Crippen molar-refractivity contribution in [2.75, 3.05) is 0 Å². The van der Waals surface area contributed by atoms with E-state index >= 15 is 0 Å². The fourth-order valence-corrected chi connectivity index (χ4v) is 0.903. The first-order valence-electron chi connectivity index (χ1n) is 3.89. The number of hydroxylamine groups is 1. The molecule has 0 heterocycles. The molecule has 0 saturated heterocycles. The van der Waals surface area contributed by atoms with Gasteiger partial charge in [0.2, 0.25) is 0 Å². The van der Waals surface area contributed by atoms with E-state index in [1.807, 2.05) is 0 Å². The van der Waals surface area contributed by atoms with E-state index in [4.69, 9.17) is 5.21 Å². The van der Waals surface area contributed by atoms with Crippen molar-refractivity contribution in [1.82, 2.24) is 4.47 Å². The minimum Gasteiger partial charge on any atom is -0.275 e. The second-order valence-corrected chi connectivity index (χ2v) is 2.87. The van der Waals surface area contributed by atoms with Gasteiger partial charge in [-0.15, -0.1) is 0 Å². The number of unbranched alkanes of at least 4 members (excludes halogenated alkanes) is 3. The predicted octanol–water partition coefficient (Wildman–Crippen LogP) is 2.02. The molecule has 0 fully saturated rings. The lowest BCUT2D eigenvalue weighted by atomic mass is 10.1. The number of amides is 1. The Balaban J connectivity index is 3.18. The summed E-state index contributed by atoms with van der Waals surface area (Å²) in [6, 6.07) is 0. The van der Waals surface area contributed by atoms with E-state index in [2.05, 4.69) is 19.7 Å². The first-order chi connectivity index (χ1) is 5.18. The van der Waals surface area contributed by atoms with Gasteiger partial charge in [-0.25, -0.2) is 0 Å². The zero-order valence-corrected chi connectivity index (χ0v) is 7.68. The average Bonchev–Trinajstić information content (AvgIpc) is 1.97. The quantitative estimate of drug-likeness (QED) is 0.292. The van der Waals surface area contributed by atoms with Crippen molar-refractivity contribution >= 4 is 18.7 Å². The summed E-state index contributed by atoms with van der Waals surface area (Å²) >= 11 is 3.46. The van der Waals surface area contributed by atoms with Crippen molar-refractivity contribution in [2.24, 2.45) is 0 Å². The Morgan fingerprint density at radius 3 is 2.55 bits per heavy atom. The monoisotopic (exact) mass is 177 g/mol. The summed E-state index contributed by atoms with van der Waals surface area (Å²) in [5.74, 6) is -0.329. The Morgan fingerprint density at radius 2 is 2.09 bits per heavy atom. The van der Waals surface area contributed by atoms with Crippen LogP contribution < -0.4 is 0 Å². The molecule has 0 aromatic heterocycles. The number of thiol groups is 1. The summed E-state index contributed by atoms with van der Waals surface area (Å²) in [4.78, 5) is 10.7. The van der Waals surface area contributed by atoms with Crippen LogP contribution in [-0.4, -0.2) is 15.6 Å². The predicted molar refractivity (Wildman–Crippen MR) is 46.4 cm³/mol. The van der Waals surface area contributed by atoms with Crippen LogP contribution in [0.15, 0.2) is 0 Å². The van der Waals surface area contributed by atoms with E-state index in [1.54, 1.807) is 0 Å². The molecule has 0 atom stereocenters. The van der Waals surface area contributed by atoms with Gasteiger partial charge in [-0.3, -0.25) is 10.0 Å². The van der Waals surface area contributed by atoms with E-state index in [9.17, 15) is 4.79 Å². The topological polar surface area (TPSA) is 40.5 Å². The molecule has 0 bridgehead atoms.